The molecule has 0 aromatic heterocycles. The molecule has 5 nitrogen and oxygen atoms in total. The van der Waals surface area contributed by atoms with Crippen LogP contribution in [-0.4, -0.2) is 30.5 Å². The molecular formula is C13H27Cl2N3O2. The van der Waals surface area contributed by atoms with Crippen LogP contribution in [0.1, 0.15) is 51.9 Å². The first-order chi connectivity index (χ1) is 8.63. The summed E-state index contributed by atoms with van der Waals surface area (Å²) in [6.45, 7) is 2.17. The van der Waals surface area contributed by atoms with Crippen molar-refractivity contribution in [2.24, 2.45) is 16.5 Å². The van der Waals surface area contributed by atoms with Gasteiger partial charge in [0.1, 0.15) is 6.04 Å². The predicted molar refractivity (Wildman–Crippen MR) is 86.8 cm³/mol. The Morgan fingerprint density at radius 2 is 2.15 bits per heavy atom. The molecule has 2 unspecified atom stereocenters. The number of hydrogen-bond acceptors (Lipinski definition) is 5. The summed E-state index contributed by atoms with van der Waals surface area (Å²) >= 11 is 0. The highest BCUT2D eigenvalue weighted by atomic mass is 35.5. The van der Waals surface area contributed by atoms with Gasteiger partial charge in [0.2, 0.25) is 0 Å². The van der Waals surface area contributed by atoms with Gasteiger partial charge in [-0.05, 0) is 39.0 Å². The third-order valence-electron chi connectivity index (χ3n) is 3.21. The van der Waals surface area contributed by atoms with Crippen molar-refractivity contribution in [1.29, 1.82) is 0 Å². The summed E-state index contributed by atoms with van der Waals surface area (Å²) in [4.78, 5) is 15.8. The Morgan fingerprint density at radius 3 is 2.80 bits per heavy atom. The second-order valence-electron chi connectivity index (χ2n) is 4.81. The molecule has 0 aromatic carbocycles. The number of carbonyl (C=O) groups is 1. The molecule has 0 fully saturated rings. The number of ether oxygens (including phenoxy) is 1. The molecule has 7 heteroatoms. The van der Waals surface area contributed by atoms with Crippen molar-refractivity contribution in [2.75, 3.05) is 6.61 Å². The number of halogens is 2. The number of nitrogens with zero attached hydrogens (tertiary/aromatic N) is 1. The first kappa shape index (κ1) is 21.8. The number of rotatable bonds is 6. The summed E-state index contributed by atoms with van der Waals surface area (Å²) in [5.41, 5.74) is 11.5. The molecule has 0 bridgehead atoms. The molecule has 0 spiro atoms. The minimum Gasteiger partial charge on any atom is -0.465 e. The first-order valence-corrected chi connectivity index (χ1v) is 6.87. The van der Waals surface area contributed by atoms with Crippen LogP contribution in [0.5, 0.6) is 0 Å². The number of hydrogen-bond donors (Lipinski definition) is 2. The Morgan fingerprint density at radius 1 is 1.45 bits per heavy atom. The second kappa shape index (κ2) is 12.2. The van der Waals surface area contributed by atoms with Gasteiger partial charge < -0.3 is 16.2 Å². The average molecular weight is 328 g/mol. The Hall–Kier alpha value is -0.520. The Labute approximate surface area is 133 Å². The third kappa shape index (κ3) is 8.61. The van der Waals surface area contributed by atoms with E-state index in [0.29, 0.717) is 19.1 Å². The lowest BCUT2D eigenvalue weighted by Crippen LogP contribution is -2.32. The van der Waals surface area contributed by atoms with Crippen LogP contribution in [0.3, 0.4) is 0 Å². The van der Waals surface area contributed by atoms with Crippen molar-refractivity contribution >= 4 is 36.6 Å². The highest BCUT2D eigenvalue weighted by molar-refractivity contribution is 5.85. The molecule has 0 amide bonds. The van der Waals surface area contributed by atoms with E-state index in [9.17, 15) is 4.79 Å². The van der Waals surface area contributed by atoms with E-state index >= 15 is 0 Å². The van der Waals surface area contributed by atoms with E-state index in [0.717, 1.165) is 37.9 Å². The summed E-state index contributed by atoms with van der Waals surface area (Å²) in [5.74, 6) is 0.466. The minimum absolute atomic E-state index is 0. The maximum absolute atomic E-state index is 11.3. The topological polar surface area (TPSA) is 90.7 Å². The monoisotopic (exact) mass is 327 g/mol. The molecule has 0 radical (unpaired) electrons. The summed E-state index contributed by atoms with van der Waals surface area (Å²) in [5, 5.41) is 0. The van der Waals surface area contributed by atoms with Crippen LogP contribution in [0, 0.1) is 0 Å². The Bertz CT molecular complexity index is 301. The van der Waals surface area contributed by atoms with Gasteiger partial charge in [-0.15, -0.1) is 24.8 Å². The molecule has 20 heavy (non-hydrogen) atoms. The van der Waals surface area contributed by atoms with Crippen LogP contribution >= 0.6 is 24.8 Å². The van der Waals surface area contributed by atoms with Gasteiger partial charge >= 0.3 is 5.97 Å². The van der Waals surface area contributed by atoms with Crippen LogP contribution in [0.2, 0.25) is 0 Å². The van der Waals surface area contributed by atoms with Crippen molar-refractivity contribution in [2.45, 2.75) is 64.0 Å². The predicted octanol–water partition coefficient (Wildman–Crippen LogP) is 2.19. The SMILES string of the molecule is CCOC(=O)C(N)CCCC1CCCCC(N)=N1.Cl.Cl. The zero-order valence-corrected chi connectivity index (χ0v) is 13.7. The smallest absolute Gasteiger partial charge is 0.322 e. The molecular weight excluding hydrogens is 301 g/mol. The van der Waals surface area contributed by atoms with Gasteiger partial charge in [0.25, 0.3) is 0 Å². The number of nitrogens with two attached hydrogens (primary N) is 2. The zero-order valence-electron chi connectivity index (χ0n) is 12.0. The summed E-state index contributed by atoms with van der Waals surface area (Å²) in [6.07, 6.45) is 6.82. The maximum Gasteiger partial charge on any atom is 0.322 e. The quantitative estimate of drug-likeness (QED) is 0.731. The number of amidine groups is 1. The van der Waals surface area contributed by atoms with Gasteiger partial charge in [0, 0.05) is 6.42 Å². The lowest BCUT2D eigenvalue weighted by atomic mass is 10.0. The fourth-order valence-electron chi connectivity index (χ4n) is 2.20. The molecule has 2 atom stereocenters. The van der Waals surface area contributed by atoms with Crippen LogP contribution in [0.25, 0.3) is 0 Å². The van der Waals surface area contributed by atoms with E-state index in [1.54, 1.807) is 6.92 Å². The first-order valence-electron chi connectivity index (χ1n) is 6.87. The van der Waals surface area contributed by atoms with Crippen molar-refractivity contribution in [3.05, 3.63) is 0 Å². The van der Waals surface area contributed by atoms with Gasteiger partial charge in [-0.1, -0.05) is 6.42 Å². The van der Waals surface area contributed by atoms with E-state index < -0.39 is 6.04 Å². The van der Waals surface area contributed by atoms with Crippen molar-refractivity contribution in [3.63, 3.8) is 0 Å². The Balaban J connectivity index is 0. The van der Waals surface area contributed by atoms with Crippen LogP contribution in [0.4, 0.5) is 0 Å². The molecule has 4 N–H and O–H groups in total. The number of aliphatic imine (C=N–C) groups is 1. The lowest BCUT2D eigenvalue weighted by molar-refractivity contribution is -0.144. The molecule has 0 aliphatic carbocycles. The standard InChI is InChI=1S/C13H25N3O2.2ClH/c1-2-18-13(17)11(14)8-5-7-10-6-3-4-9-12(15)16-10;;/h10-11H,2-9,14H2,1H3,(H2,15,16);2*1H. The fraction of sp³-hybridized carbons (Fsp3) is 0.846. The van der Waals surface area contributed by atoms with Crippen molar-refractivity contribution < 1.29 is 9.53 Å². The fourth-order valence-corrected chi connectivity index (χ4v) is 2.20. The van der Waals surface area contributed by atoms with Gasteiger partial charge in [-0.3, -0.25) is 9.79 Å². The summed E-state index contributed by atoms with van der Waals surface area (Å²) < 4.78 is 4.87. The maximum atomic E-state index is 11.3. The van der Waals surface area contributed by atoms with E-state index in [1.165, 1.54) is 6.42 Å². The molecule has 0 saturated carbocycles. The molecule has 0 saturated heterocycles. The Kier molecular flexibility index (Phi) is 13.3. The molecule has 1 heterocycles. The third-order valence-corrected chi connectivity index (χ3v) is 3.21. The number of esters is 1. The van der Waals surface area contributed by atoms with Gasteiger partial charge in [0.05, 0.1) is 18.5 Å². The van der Waals surface area contributed by atoms with Crippen molar-refractivity contribution in [1.82, 2.24) is 0 Å². The largest absolute Gasteiger partial charge is 0.465 e. The summed E-state index contributed by atoms with van der Waals surface area (Å²) in [6, 6.07) is -0.195. The molecule has 1 aliphatic rings. The van der Waals surface area contributed by atoms with E-state index in [-0.39, 0.29) is 30.8 Å². The average Bonchev–Trinajstić information content (AvgIpc) is 2.54. The second-order valence-corrected chi connectivity index (χ2v) is 4.81. The highest BCUT2D eigenvalue weighted by Gasteiger charge is 2.16. The normalized spacial score (nSPS) is 19.7. The highest BCUT2D eigenvalue weighted by Crippen LogP contribution is 2.17. The zero-order chi connectivity index (χ0) is 13.4. The molecule has 120 valence electrons. The number of carbonyl (C=O) groups excluding carboxylic acids is 1. The lowest BCUT2D eigenvalue weighted by Gasteiger charge is -2.13. The van der Waals surface area contributed by atoms with Crippen molar-refractivity contribution in [3.8, 4) is 0 Å². The van der Waals surface area contributed by atoms with Crippen LogP contribution in [-0.2, 0) is 9.53 Å². The molecule has 1 rings (SSSR count). The van der Waals surface area contributed by atoms with Crippen LogP contribution < -0.4 is 11.5 Å². The summed E-state index contributed by atoms with van der Waals surface area (Å²) in [7, 11) is 0. The van der Waals surface area contributed by atoms with E-state index in [1.807, 2.05) is 0 Å². The van der Waals surface area contributed by atoms with E-state index in [4.69, 9.17) is 16.2 Å². The molecule has 0 aromatic rings. The van der Waals surface area contributed by atoms with Gasteiger partial charge in [0.15, 0.2) is 0 Å². The van der Waals surface area contributed by atoms with Gasteiger partial charge in [-0.2, -0.15) is 0 Å². The van der Waals surface area contributed by atoms with Crippen LogP contribution in [0.15, 0.2) is 4.99 Å². The minimum atomic E-state index is -0.503. The molecule has 1 aliphatic heterocycles. The van der Waals surface area contributed by atoms with Gasteiger partial charge in [-0.25, -0.2) is 0 Å². The van der Waals surface area contributed by atoms with E-state index in [2.05, 4.69) is 4.99 Å².